The van der Waals surface area contributed by atoms with Crippen molar-refractivity contribution in [1.82, 2.24) is 16.0 Å². The van der Waals surface area contributed by atoms with E-state index in [4.69, 9.17) is 17.2 Å². The predicted molar refractivity (Wildman–Crippen MR) is 117 cm³/mol. The first-order valence-corrected chi connectivity index (χ1v) is 10.2. The van der Waals surface area contributed by atoms with Crippen molar-refractivity contribution in [2.45, 2.75) is 71.6 Å². The highest BCUT2D eigenvalue weighted by molar-refractivity contribution is 5.94. The Morgan fingerprint density at radius 1 is 0.871 bits per heavy atom. The predicted octanol–water partition coefficient (Wildman–Crippen LogP) is -1.76. The highest BCUT2D eigenvalue weighted by Crippen LogP contribution is 2.06. The molecule has 0 aromatic carbocycles. The van der Waals surface area contributed by atoms with Crippen molar-refractivity contribution in [1.29, 1.82) is 0 Å². The number of carboxylic acid groups (broad SMARTS) is 1. The molecular weight excluding hydrogens is 406 g/mol. The third-order valence-electron chi connectivity index (χ3n) is 4.58. The Labute approximate surface area is 182 Å². The maximum atomic E-state index is 12.7. The number of guanidine groups is 1. The Morgan fingerprint density at radius 2 is 1.45 bits per heavy atom. The number of carboxylic acids is 1. The molecule has 4 atom stereocenters. The van der Waals surface area contributed by atoms with E-state index < -0.39 is 47.9 Å². The Kier molecular flexibility index (Phi) is 12.2. The zero-order valence-corrected chi connectivity index (χ0v) is 18.8. The number of carbonyl (C=O) groups is 4. The van der Waals surface area contributed by atoms with Crippen LogP contribution in [0.15, 0.2) is 4.99 Å². The molecule has 0 aliphatic heterocycles. The summed E-state index contributed by atoms with van der Waals surface area (Å²) in [7, 11) is 0. The Hall–Kier alpha value is -2.89. The molecule has 0 radical (unpaired) electrons. The van der Waals surface area contributed by atoms with Gasteiger partial charge in [-0.25, -0.2) is 4.79 Å². The fraction of sp³-hybridized carbons (Fsp3) is 0.737. The van der Waals surface area contributed by atoms with Gasteiger partial charge in [-0.3, -0.25) is 19.4 Å². The molecule has 178 valence electrons. The van der Waals surface area contributed by atoms with Crippen molar-refractivity contribution in [2.24, 2.45) is 34.0 Å². The molecule has 31 heavy (non-hydrogen) atoms. The van der Waals surface area contributed by atoms with Gasteiger partial charge in [0.25, 0.3) is 0 Å². The van der Waals surface area contributed by atoms with Gasteiger partial charge in [0.15, 0.2) is 5.96 Å². The summed E-state index contributed by atoms with van der Waals surface area (Å²) in [5.41, 5.74) is 16.2. The smallest absolute Gasteiger partial charge is 0.326 e. The third kappa shape index (κ3) is 10.6. The Morgan fingerprint density at radius 3 is 1.90 bits per heavy atom. The van der Waals surface area contributed by atoms with Gasteiger partial charge in [0.2, 0.25) is 17.7 Å². The van der Waals surface area contributed by atoms with Gasteiger partial charge >= 0.3 is 5.97 Å². The molecule has 12 nitrogen and oxygen atoms in total. The molecule has 0 fully saturated rings. The number of nitrogens with one attached hydrogen (secondary N) is 3. The summed E-state index contributed by atoms with van der Waals surface area (Å²) >= 11 is 0. The molecule has 0 spiro atoms. The number of amides is 3. The van der Waals surface area contributed by atoms with Crippen molar-refractivity contribution in [3.05, 3.63) is 0 Å². The van der Waals surface area contributed by atoms with E-state index in [-0.39, 0.29) is 30.8 Å². The van der Waals surface area contributed by atoms with Gasteiger partial charge in [-0.05, 0) is 31.6 Å². The van der Waals surface area contributed by atoms with Crippen molar-refractivity contribution in [3.63, 3.8) is 0 Å². The Balaban J connectivity index is 5.01. The molecule has 0 aromatic rings. The summed E-state index contributed by atoms with van der Waals surface area (Å²) in [6, 6.07) is -3.86. The minimum atomic E-state index is -1.21. The van der Waals surface area contributed by atoms with E-state index in [2.05, 4.69) is 20.9 Å². The topological polar surface area (TPSA) is 215 Å². The molecule has 0 saturated carbocycles. The number of nitrogens with zero attached hydrogens (tertiary/aromatic N) is 1. The molecule has 0 bridgehead atoms. The molecular formula is C19H37N7O5. The zero-order valence-electron chi connectivity index (χ0n) is 18.8. The molecule has 0 saturated heterocycles. The van der Waals surface area contributed by atoms with Crippen LogP contribution < -0.4 is 33.2 Å². The van der Waals surface area contributed by atoms with Crippen molar-refractivity contribution in [3.8, 4) is 0 Å². The molecule has 0 aromatic heterocycles. The number of hydrogen-bond donors (Lipinski definition) is 7. The molecule has 0 rings (SSSR count). The number of aliphatic imine (C=N–C) groups is 1. The number of rotatable bonds is 13. The van der Waals surface area contributed by atoms with E-state index in [0.717, 1.165) is 0 Å². The SMILES string of the molecule is CC(NC(=O)C(N)C(C)C)C(=O)NC(C(=O)NC(CCCN=C(N)N)C(=O)O)C(C)C. The van der Waals surface area contributed by atoms with Crippen molar-refractivity contribution >= 4 is 29.7 Å². The summed E-state index contributed by atoms with van der Waals surface area (Å²) in [6.45, 7) is 8.67. The highest BCUT2D eigenvalue weighted by Gasteiger charge is 2.30. The van der Waals surface area contributed by atoms with Gasteiger partial charge in [0.1, 0.15) is 18.1 Å². The molecule has 0 aliphatic rings. The van der Waals surface area contributed by atoms with Crippen LogP contribution in [0.3, 0.4) is 0 Å². The molecule has 10 N–H and O–H groups in total. The van der Waals surface area contributed by atoms with Crippen LogP contribution in [0, 0.1) is 11.8 Å². The van der Waals surface area contributed by atoms with Gasteiger partial charge in [-0.1, -0.05) is 27.7 Å². The van der Waals surface area contributed by atoms with E-state index in [1.165, 1.54) is 6.92 Å². The average molecular weight is 444 g/mol. The fourth-order valence-electron chi connectivity index (χ4n) is 2.51. The minimum absolute atomic E-state index is 0.103. The largest absolute Gasteiger partial charge is 0.480 e. The van der Waals surface area contributed by atoms with Crippen LogP contribution in [-0.2, 0) is 19.2 Å². The summed E-state index contributed by atoms with van der Waals surface area (Å²) in [6.07, 6.45) is 0.448. The van der Waals surface area contributed by atoms with Crippen LogP contribution in [0.5, 0.6) is 0 Å². The summed E-state index contributed by atoms with van der Waals surface area (Å²) in [5, 5.41) is 16.9. The van der Waals surface area contributed by atoms with Crippen LogP contribution in [-0.4, -0.2) is 65.5 Å². The second-order valence-electron chi connectivity index (χ2n) is 8.08. The summed E-state index contributed by atoms with van der Waals surface area (Å²) < 4.78 is 0. The quantitative estimate of drug-likeness (QED) is 0.0980. The lowest BCUT2D eigenvalue weighted by Gasteiger charge is -2.26. The first-order chi connectivity index (χ1) is 14.3. The van der Waals surface area contributed by atoms with Crippen molar-refractivity contribution < 1.29 is 24.3 Å². The van der Waals surface area contributed by atoms with E-state index in [1.54, 1.807) is 27.7 Å². The summed E-state index contributed by atoms with van der Waals surface area (Å²) in [4.78, 5) is 52.4. The number of aliphatic carboxylic acids is 1. The monoisotopic (exact) mass is 443 g/mol. The number of carbonyl (C=O) groups excluding carboxylic acids is 3. The van der Waals surface area contributed by atoms with E-state index >= 15 is 0 Å². The van der Waals surface area contributed by atoms with E-state index in [1.807, 2.05) is 0 Å². The van der Waals surface area contributed by atoms with Gasteiger partial charge < -0.3 is 38.3 Å². The second kappa shape index (κ2) is 13.4. The third-order valence-corrected chi connectivity index (χ3v) is 4.58. The Bertz CT molecular complexity index is 662. The van der Waals surface area contributed by atoms with Crippen LogP contribution in [0.25, 0.3) is 0 Å². The maximum Gasteiger partial charge on any atom is 0.326 e. The zero-order chi connectivity index (χ0) is 24.3. The van der Waals surface area contributed by atoms with E-state index in [9.17, 15) is 24.3 Å². The van der Waals surface area contributed by atoms with Crippen LogP contribution in [0.2, 0.25) is 0 Å². The second-order valence-corrected chi connectivity index (χ2v) is 8.08. The molecule has 3 amide bonds. The first kappa shape index (κ1) is 28.1. The normalized spacial score (nSPS) is 14.8. The van der Waals surface area contributed by atoms with Gasteiger partial charge in [0.05, 0.1) is 6.04 Å². The standard InChI is InChI=1S/C19H37N7O5/c1-9(2)13(20)16(28)24-11(5)15(27)26-14(10(3)4)17(29)25-12(18(30)31)7-6-8-23-19(21)22/h9-14H,6-8,20H2,1-5H3,(H,24,28)(H,25,29)(H,26,27)(H,30,31)(H4,21,22,23). The lowest BCUT2D eigenvalue weighted by Crippen LogP contribution is -2.58. The molecule has 12 heteroatoms. The average Bonchev–Trinajstić information content (AvgIpc) is 2.66. The molecule has 0 aliphatic carbocycles. The molecule has 0 heterocycles. The number of nitrogens with two attached hydrogens (primary N) is 3. The van der Waals surface area contributed by atoms with Gasteiger partial charge in [0, 0.05) is 6.54 Å². The van der Waals surface area contributed by atoms with Crippen LogP contribution >= 0.6 is 0 Å². The van der Waals surface area contributed by atoms with Crippen molar-refractivity contribution in [2.75, 3.05) is 6.54 Å². The van der Waals surface area contributed by atoms with E-state index in [0.29, 0.717) is 6.42 Å². The summed E-state index contributed by atoms with van der Waals surface area (Å²) in [5.74, 6) is -3.46. The maximum absolute atomic E-state index is 12.7. The first-order valence-electron chi connectivity index (χ1n) is 10.2. The lowest BCUT2D eigenvalue weighted by atomic mass is 10.0. The van der Waals surface area contributed by atoms with Gasteiger partial charge in [-0.2, -0.15) is 0 Å². The van der Waals surface area contributed by atoms with Crippen LogP contribution in [0.4, 0.5) is 0 Å². The molecule has 4 unspecified atom stereocenters. The fourth-order valence-corrected chi connectivity index (χ4v) is 2.51. The lowest BCUT2D eigenvalue weighted by molar-refractivity contribution is -0.142. The van der Waals surface area contributed by atoms with Gasteiger partial charge in [-0.15, -0.1) is 0 Å². The highest BCUT2D eigenvalue weighted by atomic mass is 16.4. The van der Waals surface area contributed by atoms with Crippen LogP contribution in [0.1, 0.15) is 47.5 Å². The number of hydrogen-bond acceptors (Lipinski definition) is 6. The minimum Gasteiger partial charge on any atom is -0.480 e.